The first-order chi connectivity index (χ1) is 9.74. The minimum absolute atomic E-state index is 0.00787. The maximum atomic E-state index is 13.2. The van der Waals surface area contributed by atoms with Gasteiger partial charge in [0.25, 0.3) is 0 Å². The lowest BCUT2D eigenvalue weighted by molar-refractivity contribution is -0.137. The molecule has 0 saturated carbocycles. The van der Waals surface area contributed by atoms with Crippen LogP contribution in [0.5, 0.6) is 0 Å². The van der Waals surface area contributed by atoms with Crippen molar-refractivity contribution < 1.29 is 13.2 Å². The highest BCUT2D eigenvalue weighted by molar-refractivity contribution is 9.10. The molecule has 1 aromatic carbocycles. The molecule has 1 aromatic heterocycles. The van der Waals surface area contributed by atoms with Gasteiger partial charge in [0.05, 0.1) is 5.56 Å². The summed E-state index contributed by atoms with van der Waals surface area (Å²) in [6, 6.07) is 3.98. The molecule has 0 saturated heterocycles. The van der Waals surface area contributed by atoms with Gasteiger partial charge in [-0.05, 0) is 31.5 Å². The van der Waals surface area contributed by atoms with Crippen LogP contribution < -0.4 is 0 Å². The van der Waals surface area contributed by atoms with Crippen molar-refractivity contribution in [2.45, 2.75) is 26.4 Å². The molecule has 0 unspecified atom stereocenters. The Balaban J connectivity index is 2.73. The number of alkyl halides is 3. The van der Waals surface area contributed by atoms with Crippen LogP contribution in [-0.2, 0) is 12.6 Å². The molecule has 1 heterocycles. The highest BCUT2D eigenvalue weighted by Gasteiger charge is 2.34. The van der Waals surface area contributed by atoms with E-state index in [4.69, 9.17) is 12.2 Å². The Bertz CT molecular complexity index is 738. The third kappa shape index (κ3) is 3.35. The van der Waals surface area contributed by atoms with E-state index in [9.17, 15) is 13.2 Å². The maximum Gasteiger partial charge on any atom is 0.417 e. The summed E-state index contributed by atoms with van der Waals surface area (Å²) in [5, 5.41) is 0. The van der Waals surface area contributed by atoms with Crippen LogP contribution in [0.15, 0.2) is 22.7 Å². The van der Waals surface area contributed by atoms with Gasteiger partial charge < -0.3 is 4.98 Å². The number of nitrogens with one attached hydrogen (secondary N) is 1. The van der Waals surface area contributed by atoms with Crippen LogP contribution in [-0.4, -0.2) is 9.97 Å². The number of halogens is 4. The van der Waals surface area contributed by atoms with Gasteiger partial charge in [-0.25, -0.2) is 4.98 Å². The zero-order valence-corrected chi connectivity index (χ0v) is 13.7. The van der Waals surface area contributed by atoms with Crippen molar-refractivity contribution in [3.8, 4) is 11.4 Å². The molecule has 0 aliphatic carbocycles. The van der Waals surface area contributed by atoms with Gasteiger partial charge in [0.1, 0.15) is 10.5 Å². The molecule has 0 aliphatic heterocycles. The number of nitrogens with zero attached hydrogens (tertiary/aromatic N) is 1. The van der Waals surface area contributed by atoms with Crippen LogP contribution >= 0.6 is 28.1 Å². The van der Waals surface area contributed by atoms with Crippen LogP contribution in [0.4, 0.5) is 13.2 Å². The van der Waals surface area contributed by atoms with Crippen molar-refractivity contribution in [2.75, 3.05) is 0 Å². The van der Waals surface area contributed by atoms with E-state index in [-0.39, 0.29) is 11.4 Å². The summed E-state index contributed by atoms with van der Waals surface area (Å²) in [5.74, 6) is 0.141. The molecule has 2 aromatic rings. The molecule has 0 amide bonds. The number of aromatic nitrogens is 2. The Morgan fingerprint density at radius 2 is 2.00 bits per heavy atom. The summed E-state index contributed by atoms with van der Waals surface area (Å²) in [7, 11) is 0. The fraction of sp³-hybridized carbons (Fsp3) is 0.286. The van der Waals surface area contributed by atoms with E-state index in [1.54, 1.807) is 13.0 Å². The molecule has 2 rings (SSSR count). The first-order valence-electron chi connectivity index (χ1n) is 6.21. The van der Waals surface area contributed by atoms with Crippen molar-refractivity contribution in [3.63, 3.8) is 0 Å². The Hall–Kier alpha value is -1.21. The number of H-pyrrole nitrogens is 1. The summed E-state index contributed by atoms with van der Waals surface area (Å²) in [6.07, 6.45) is -3.82. The molecule has 0 radical (unpaired) electrons. The van der Waals surface area contributed by atoms with E-state index >= 15 is 0 Å². The van der Waals surface area contributed by atoms with Gasteiger partial charge in [0.2, 0.25) is 0 Å². The Kier molecular flexibility index (Phi) is 4.53. The van der Waals surface area contributed by atoms with Crippen LogP contribution in [0.2, 0.25) is 0 Å². The molecule has 2 nitrogen and oxygen atoms in total. The van der Waals surface area contributed by atoms with Gasteiger partial charge in [-0.1, -0.05) is 35.1 Å². The van der Waals surface area contributed by atoms with Crippen LogP contribution in [0, 0.1) is 11.6 Å². The number of rotatable bonds is 2. The van der Waals surface area contributed by atoms with Gasteiger partial charge in [-0.15, -0.1) is 0 Å². The molecule has 7 heteroatoms. The number of benzene rings is 1. The standard InChI is InChI=1S/C14H12BrF3N2S/c1-3-11-7(2)13(21)20-12(19-11)9-5-4-8(15)6-10(9)14(16,17)18/h4-6H,3H2,1-2H3,(H,19,20,21). The van der Waals surface area contributed by atoms with Gasteiger partial charge >= 0.3 is 6.18 Å². The number of aromatic amines is 1. The Labute approximate surface area is 133 Å². The lowest BCUT2D eigenvalue weighted by Gasteiger charge is -2.14. The van der Waals surface area contributed by atoms with E-state index in [1.165, 1.54) is 6.07 Å². The highest BCUT2D eigenvalue weighted by Crippen LogP contribution is 2.37. The van der Waals surface area contributed by atoms with Crippen LogP contribution in [0.25, 0.3) is 11.4 Å². The Morgan fingerprint density at radius 3 is 2.57 bits per heavy atom. The minimum atomic E-state index is -4.46. The minimum Gasteiger partial charge on any atom is -0.343 e. The van der Waals surface area contributed by atoms with Gasteiger partial charge in [-0.2, -0.15) is 13.2 Å². The van der Waals surface area contributed by atoms with Gasteiger partial charge in [0.15, 0.2) is 0 Å². The molecule has 0 aliphatic rings. The summed E-state index contributed by atoms with van der Waals surface area (Å²) in [4.78, 5) is 7.06. The largest absolute Gasteiger partial charge is 0.417 e. The zero-order valence-electron chi connectivity index (χ0n) is 11.3. The lowest BCUT2D eigenvalue weighted by atomic mass is 10.1. The van der Waals surface area contributed by atoms with Gasteiger partial charge in [0, 0.05) is 21.3 Å². The van der Waals surface area contributed by atoms with Crippen molar-refractivity contribution in [1.29, 1.82) is 0 Å². The van der Waals surface area contributed by atoms with Crippen LogP contribution in [0.3, 0.4) is 0 Å². The molecule has 0 atom stereocenters. The SMILES string of the molecule is CCc1[nH]c(-c2ccc(Br)cc2C(F)(F)F)nc(=S)c1C. The molecular formula is C14H12BrF3N2S. The molecule has 0 bridgehead atoms. The van der Waals surface area contributed by atoms with Crippen LogP contribution in [0.1, 0.15) is 23.7 Å². The fourth-order valence-electron chi connectivity index (χ4n) is 2.02. The number of aryl methyl sites for hydroxylation is 1. The molecule has 1 N–H and O–H groups in total. The van der Waals surface area contributed by atoms with E-state index in [0.29, 0.717) is 15.5 Å². The second-order valence-corrected chi connectivity index (χ2v) is 5.84. The molecule has 0 spiro atoms. The topological polar surface area (TPSA) is 28.7 Å². The van der Waals surface area contributed by atoms with Crippen molar-refractivity contribution in [2.24, 2.45) is 0 Å². The highest BCUT2D eigenvalue weighted by atomic mass is 79.9. The quantitative estimate of drug-likeness (QED) is 0.705. The third-order valence-electron chi connectivity index (χ3n) is 3.15. The number of hydrogen-bond donors (Lipinski definition) is 1. The van der Waals surface area contributed by atoms with E-state index in [0.717, 1.165) is 17.3 Å². The Morgan fingerprint density at radius 1 is 1.33 bits per heavy atom. The van der Waals surface area contributed by atoms with Crippen molar-refractivity contribution in [3.05, 3.63) is 44.1 Å². The fourth-order valence-corrected chi connectivity index (χ4v) is 2.59. The average Bonchev–Trinajstić information content (AvgIpc) is 2.40. The van der Waals surface area contributed by atoms with Gasteiger partial charge in [-0.3, -0.25) is 0 Å². The smallest absolute Gasteiger partial charge is 0.343 e. The predicted molar refractivity (Wildman–Crippen MR) is 81.7 cm³/mol. The second-order valence-electron chi connectivity index (χ2n) is 4.54. The average molecular weight is 377 g/mol. The van der Waals surface area contributed by atoms with Crippen molar-refractivity contribution >= 4 is 28.1 Å². The monoisotopic (exact) mass is 376 g/mol. The number of hydrogen-bond acceptors (Lipinski definition) is 2. The normalized spacial score (nSPS) is 11.7. The zero-order chi connectivity index (χ0) is 15.8. The molecule has 21 heavy (non-hydrogen) atoms. The lowest BCUT2D eigenvalue weighted by Crippen LogP contribution is -2.09. The molecule has 0 fully saturated rings. The van der Waals surface area contributed by atoms with Crippen molar-refractivity contribution in [1.82, 2.24) is 9.97 Å². The molecular weight excluding hydrogens is 365 g/mol. The van der Waals surface area contributed by atoms with E-state index in [1.807, 2.05) is 6.92 Å². The first-order valence-corrected chi connectivity index (χ1v) is 7.41. The predicted octanol–water partition coefficient (Wildman–Crippen LogP) is 5.46. The molecule has 112 valence electrons. The summed E-state index contributed by atoms with van der Waals surface area (Å²) in [5.41, 5.74) is 0.829. The third-order valence-corrected chi connectivity index (χ3v) is 4.04. The summed E-state index contributed by atoms with van der Waals surface area (Å²) >= 11 is 8.20. The first kappa shape index (κ1) is 16.2. The maximum absolute atomic E-state index is 13.2. The summed E-state index contributed by atoms with van der Waals surface area (Å²) < 4.78 is 40.2. The van der Waals surface area contributed by atoms with E-state index < -0.39 is 11.7 Å². The second kappa shape index (κ2) is 5.88. The van der Waals surface area contributed by atoms with E-state index in [2.05, 4.69) is 25.9 Å². The summed E-state index contributed by atoms with van der Waals surface area (Å²) in [6.45, 7) is 3.71.